The predicted octanol–water partition coefficient (Wildman–Crippen LogP) is 4.62. The second-order valence-electron chi connectivity index (χ2n) is 9.35. The van der Waals surface area contributed by atoms with E-state index in [1.54, 1.807) is 27.1 Å². The zero-order valence-electron chi connectivity index (χ0n) is 20.3. The third-order valence-corrected chi connectivity index (χ3v) is 5.14. The molecule has 0 saturated heterocycles. The largest absolute Gasteiger partial charge is 0.480 e. The number of imidazole rings is 1. The van der Waals surface area contributed by atoms with E-state index < -0.39 is 17.7 Å². The highest BCUT2D eigenvalue weighted by molar-refractivity contribution is 5.95. The van der Waals surface area contributed by atoms with E-state index in [1.165, 1.54) is 4.90 Å². The molecule has 0 aliphatic rings. The number of nitrogens with one attached hydrogen (secondary N) is 1. The summed E-state index contributed by atoms with van der Waals surface area (Å²) in [6.45, 7) is 8.61. The summed E-state index contributed by atoms with van der Waals surface area (Å²) in [6.07, 6.45) is 1.01. The maximum Gasteiger partial charge on any atom is 0.417 e. The van der Waals surface area contributed by atoms with Crippen LogP contribution in [-0.4, -0.2) is 54.9 Å². The van der Waals surface area contributed by atoms with Crippen LogP contribution in [-0.2, 0) is 9.53 Å². The number of benzene rings is 2. The van der Waals surface area contributed by atoms with Gasteiger partial charge in [-0.25, -0.2) is 14.7 Å². The zero-order chi connectivity index (χ0) is 25.3. The Labute approximate surface area is 202 Å². The van der Waals surface area contributed by atoms with Crippen LogP contribution in [0.5, 0.6) is 0 Å². The summed E-state index contributed by atoms with van der Waals surface area (Å²) in [5, 5.41) is 14.1. The van der Waals surface area contributed by atoms with Crippen molar-refractivity contribution in [2.45, 2.75) is 46.3 Å². The first-order chi connectivity index (χ1) is 16.5. The van der Waals surface area contributed by atoms with E-state index in [9.17, 15) is 14.7 Å². The number of amides is 1. The summed E-state index contributed by atoms with van der Waals surface area (Å²) in [5.74, 6) is -0.767. The number of anilines is 2. The Morgan fingerprint density at radius 3 is 2.51 bits per heavy atom. The molecule has 4 aromatic rings. The summed E-state index contributed by atoms with van der Waals surface area (Å²) in [7, 11) is 0. The van der Waals surface area contributed by atoms with Crippen molar-refractivity contribution in [3.8, 4) is 5.69 Å². The van der Waals surface area contributed by atoms with Crippen LogP contribution in [0.1, 0.15) is 34.6 Å². The summed E-state index contributed by atoms with van der Waals surface area (Å²) in [6, 6.07) is 13.5. The quantitative estimate of drug-likeness (QED) is 0.413. The second kappa shape index (κ2) is 9.21. The molecular weight excluding hydrogens is 448 g/mol. The number of rotatable bonds is 6. The van der Waals surface area contributed by atoms with Crippen LogP contribution in [0.15, 0.2) is 48.8 Å². The van der Waals surface area contributed by atoms with Gasteiger partial charge in [-0.1, -0.05) is 36.4 Å². The number of aromatic nitrogens is 4. The first-order valence-corrected chi connectivity index (χ1v) is 11.3. The fourth-order valence-electron chi connectivity index (χ4n) is 3.71. The van der Waals surface area contributed by atoms with Crippen molar-refractivity contribution >= 4 is 45.8 Å². The molecule has 1 amide bonds. The van der Waals surface area contributed by atoms with Crippen molar-refractivity contribution in [1.29, 1.82) is 0 Å². The lowest BCUT2D eigenvalue weighted by Gasteiger charge is -2.28. The number of aliphatic carboxylic acids is 1. The Hall–Kier alpha value is -4.21. The minimum absolute atomic E-state index is 0.0802. The van der Waals surface area contributed by atoms with E-state index in [2.05, 4.69) is 15.3 Å². The molecule has 35 heavy (non-hydrogen) atoms. The topological polar surface area (TPSA) is 122 Å². The Morgan fingerprint density at radius 1 is 1.11 bits per heavy atom. The van der Waals surface area contributed by atoms with Crippen LogP contribution in [0.25, 0.3) is 27.6 Å². The molecule has 0 aliphatic carbocycles. The van der Waals surface area contributed by atoms with E-state index >= 15 is 0 Å². The van der Waals surface area contributed by atoms with Gasteiger partial charge in [0.05, 0.1) is 5.69 Å². The molecule has 0 fully saturated rings. The standard InChI is InChI=1S/C25H28N6O4/c1-15(2)31(24(34)35-25(3,4)5)23-28-21(26-13-19(32)33)20-22(29-23)30(14-27-20)18-12-8-10-16-9-6-7-11-17(16)18/h6-12,14-15H,13H2,1-5H3,(H,32,33)(H,26,28,29). The van der Waals surface area contributed by atoms with Crippen molar-refractivity contribution in [2.24, 2.45) is 0 Å². The molecule has 4 rings (SSSR count). The van der Waals surface area contributed by atoms with Crippen LogP contribution >= 0.6 is 0 Å². The van der Waals surface area contributed by atoms with Crippen LogP contribution < -0.4 is 10.2 Å². The Kier molecular flexibility index (Phi) is 6.29. The number of nitrogens with zero attached hydrogens (tertiary/aromatic N) is 5. The molecule has 10 nitrogen and oxygen atoms in total. The SMILES string of the molecule is CC(C)N(C(=O)OC(C)(C)C)c1nc(NCC(=O)O)c2ncn(-c3cccc4ccccc34)c2n1. The second-order valence-corrected chi connectivity index (χ2v) is 9.35. The Morgan fingerprint density at radius 2 is 1.83 bits per heavy atom. The highest BCUT2D eigenvalue weighted by Crippen LogP contribution is 2.29. The lowest BCUT2D eigenvalue weighted by atomic mass is 10.1. The first kappa shape index (κ1) is 23.9. The maximum absolute atomic E-state index is 13.1. The van der Waals surface area contributed by atoms with Crippen LogP contribution in [0, 0.1) is 0 Å². The maximum atomic E-state index is 13.1. The summed E-state index contributed by atoms with van der Waals surface area (Å²) in [4.78, 5) is 39.3. The number of carboxylic acid groups (broad SMARTS) is 1. The van der Waals surface area contributed by atoms with Crippen molar-refractivity contribution in [3.05, 3.63) is 48.8 Å². The van der Waals surface area contributed by atoms with Gasteiger partial charge in [-0.2, -0.15) is 9.97 Å². The van der Waals surface area contributed by atoms with Crippen molar-refractivity contribution in [3.63, 3.8) is 0 Å². The van der Waals surface area contributed by atoms with Gasteiger partial charge in [0.15, 0.2) is 17.0 Å². The molecule has 10 heteroatoms. The zero-order valence-corrected chi connectivity index (χ0v) is 20.3. The van der Waals surface area contributed by atoms with E-state index in [1.807, 2.05) is 60.9 Å². The first-order valence-electron chi connectivity index (χ1n) is 11.3. The molecule has 2 aromatic heterocycles. The number of carbonyl (C=O) groups is 2. The lowest BCUT2D eigenvalue weighted by molar-refractivity contribution is -0.134. The summed E-state index contributed by atoms with van der Waals surface area (Å²) in [5.41, 5.74) is 0.931. The van der Waals surface area contributed by atoms with Gasteiger partial charge in [0.2, 0.25) is 5.95 Å². The third kappa shape index (κ3) is 5.01. The smallest absolute Gasteiger partial charge is 0.417 e. The van der Waals surface area contributed by atoms with Crippen molar-refractivity contribution in [2.75, 3.05) is 16.8 Å². The summed E-state index contributed by atoms with van der Waals surface area (Å²) >= 11 is 0. The Balaban J connectivity index is 1.93. The molecule has 0 aliphatic heterocycles. The van der Waals surface area contributed by atoms with Crippen LogP contribution in [0.4, 0.5) is 16.6 Å². The van der Waals surface area contributed by atoms with Gasteiger partial charge in [-0.3, -0.25) is 9.36 Å². The average molecular weight is 477 g/mol. The van der Waals surface area contributed by atoms with E-state index in [0.29, 0.717) is 11.2 Å². The predicted molar refractivity (Wildman–Crippen MR) is 134 cm³/mol. The van der Waals surface area contributed by atoms with Gasteiger partial charge in [-0.05, 0) is 46.1 Å². The Bertz CT molecular complexity index is 1400. The summed E-state index contributed by atoms with van der Waals surface area (Å²) < 4.78 is 7.40. The minimum atomic E-state index is -1.06. The highest BCUT2D eigenvalue weighted by Gasteiger charge is 2.29. The minimum Gasteiger partial charge on any atom is -0.480 e. The highest BCUT2D eigenvalue weighted by atomic mass is 16.6. The molecule has 0 atom stereocenters. The molecule has 0 radical (unpaired) electrons. The molecular formula is C25H28N6O4. The number of carboxylic acids is 1. The van der Waals surface area contributed by atoms with E-state index in [4.69, 9.17) is 9.72 Å². The molecule has 0 spiro atoms. The normalized spacial score (nSPS) is 11.7. The van der Waals surface area contributed by atoms with Gasteiger partial charge < -0.3 is 15.2 Å². The number of ether oxygens (including phenoxy) is 1. The number of carbonyl (C=O) groups excluding carboxylic acids is 1. The number of fused-ring (bicyclic) bond motifs is 2. The molecule has 0 bridgehead atoms. The molecule has 182 valence electrons. The van der Waals surface area contributed by atoms with E-state index in [0.717, 1.165) is 16.5 Å². The lowest BCUT2D eigenvalue weighted by Crippen LogP contribution is -2.42. The molecule has 0 saturated carbocycles. The van der Waals surface area contributed by atoms with Gasteiger partial charge >= 0.3 is 12.1 Å². The number of hydrogen-bond donors (Lipinski definition) is 2. The number of hydrogen-bond acceptors (Lipinski definition) is 7. The molecule has 2 N–H and O–H groups in total. The average Bonchev–Trinajstić information content (AvgIpc) is 3.19. The van der Waals surface area contributed by atoms with Crippen LogP contribution in [0.2, 0.25) is 0 Å². The van der Waals surface area contributed by atoms with E-state index in [-0.39, 0.29) is 24.4 Å². The van der Waals surface area contributed by atoms with Crippen molar-refractivity contribution < 1.29 is 19.4 Å². The fraction of sp³-hybridized carbons (Fsp3) is 0.320. The van der Waals surface area contributed by atoms with Gasteiger partial charge in [0.25, 0.3) is 0 Å². The van der Waals surface area contributed by atoms with Gasteiger partial charge in [0, 0.05) is 11.4 Å². The molecule has 0 unspecified atom stereocenters. The third-order valence-electron chi connectivity index (χ3n) is 5.14. The molecule has 2 heterocycles. The monoisotopic (exact) mass is 476 g/mol. The molecule has 2 aromatic carbocycles. The van der Waals surface area contributed by atoms with Gasteiger partial charge in [0.1, 0.15) is 18.5 Å². The fourth-order valence-corrected chi connectivity index (χ4v) is 3.71. The van der Waals surface area contributed by atoms with Crippen LogP contribution in [0.3, 0.4) is 0 Å². The van der Waals surface area contributed by atoms with Gasteiger partial charge in [-0.15, -0.1) is 0 Å². The van der Waals surface area contributed by atoms with Crippen molar-refractivity contribution in [1.82, 2.24) is 19.5 Å².